The lowest BCUT2D eigenvalue weighted by atomic mass is 10.1. The molecule has 0 aliphatic carbocycles. The number of piperidine rings is 1. The summed E-state index contributed by atoms with van der Waals surface area (Å²) in [6.07, 6.45) is 16.4. The molecule has 0 atom stereocenters. The molecule has 10 heteroatoms. The number of anilines is 1. The number of nitrogens with zero attached hydrogens (tertiary/aromatic N) is 6. The summed E-state index contributed by atoms with van der Waals surface area (Å²) in [4.78, 5) is 29.1. The number of carbonyl (C=O) groups excluding carboxylic acids is 1. The molecule has 1 aliphatic rings. The molecule has 1 saturated heterocycles. The number of imidazole rings is 1. The van der Waals surface area contributed by atoms with Crippen molar-refractivity contribution < 1.29 is 4.79 Å². The average Bonchev–Trinajstić information content (AvgIpc) is 3.58. The number of nitrogens with one attached hydrogen (secondary N) is 3. The number of aromatic nitrogens is 7. The van der Waals surface area contributed by atoms with Gasteiger partial charge in [0, 0.05) is 59.9 Å². The van der Waals surface area contributed by atoms with Gasteiger partial charge in [-0.05, 0) is 32.0 Å². The van der Waals surface area contributed by atoms with E-state index in [9.17, 15) is 4.79 Å². The van der Waals surface area contributed by atoms with E-state index in [0.717, 1.165) is 42.4 Å². The van der Waals surface area contributed by atoms with E-state index in [0.29, 0.717) is 28.7 Å². The number of hydrogen-bond acceptors (Lipinski definition) is 6. The lowest BCUT2D eigenvalue weighted by molar-refractivity contribution is 0.102. The van der Waals surface area contributed by atoms with Crippen LogP contribution in [0.3, 0.4) is 0 Å². The van der Waals surface area contributed by atoms with Crippen LogP contribution in [0.15, 0.2) is 55.6 Å². The molecule has 32 heavy (non-hydrogen) atoms. The van der Waals surface area contributed by atoms with Gasteiger partial charge in [0.1, 0.15) is 5.65 Å². The van der Waals surface area contributed by atoms with Crippen molar-refractivity contribution in [2.24, 2.45) is 0 Å². The fourth-order valence-corrected chi connectivity index (χ4v) is 4.20. The normalized spacial score (nSPS) is 14.9. The number of carbonyl (C=O) groups is 1. The predicted octanol–water partition coefficient (Wildman–Crippen LogP) is 2.65. The molecular formula is C22H21N9O. The summed E-state index contributed by atoms with van der Waals surface area (Å²) < 4.78 is 3.81. The Bertz CT molecular complexity index is 1420. The van der Waals surface area contributed by atoms with Crippen molar-refractivity contribution in [2.45, 2.75) is 18.9 Å². The monoisotopic (exact) mass is 427 g/mol. The van der Waals surface area contributed by atoms with Crippen LogP contribution in [-0.4, -0.2) is 53.1 Å². The van der Waals surface area contributed by atoms with Crippen molar-refractivity contribution in [3.8, 4) is 11.1 Å². The first-order valence-electron chi connectivity index (χ1n) is 10.6. The summed E-state index contributed by atoms with van der Waals surface area (Å²) in [5, 5.41) is 11.6. The Morgan fingerprint density at radius 1 is 1.09 bits per heavy atom. The molecular weight excluding hydrogens is 406 g/mol. The Balaban J connectivity index is 1.27. The number of amides is 1. The van der Waals surface area contributed by atoms with Crippen LogP contribution in [0.1, 0.15) is 29.2 Å². The van der Waals surface area contributed by atoms with E-state index in [1.54, 1.807) is 24.8 Å². The van der Waals surface area contributed by atoms with Gasteiger partial charge in [-0.1, -0.05) is 0 Å². The summed E-state index contributed by atoms with van der Waals surface area (Å²) in [6.45, 7) is 1.97. The standard InChI is InChI=1S/C22H21N9O/c32-21(29-16-10-28-31(13-16)17-1-3-23-4-2-17)14-7-18-19(11-26-20(18)25-8-14)15-9-27-22-24-5-6-30(22)12-15/h5-13,17,23H,1-4H2,(H,25,26)(H,29,32). The Kier molecular flexibility index (Phi) is 4.43. The van der Waals surface area contributed by atoms with E-state index in [4.69, 9.17) is 0 Å². The lowest BCUT2D eigenvalue weighted by Crippen LogP contribution is -2.29. The van der Waals surface area contributed by atoms with Crippen molar-refractivity contribution in [1.82, 2.24) is 39.4 Å². The minimum Gasteiger partial charge on any atom is -0.346 e. The van der Waals surface area contributed by atoms with Crippen LogP contribution in [0.25, 0.3) is 27.9 Å². The van der Waals surface area contributed by atoms with Crippen molar-refractivity contribution in [1.29, 1.82) is 0 Å². The maximum atomic E-state index is 12.9. The largest absolute Gasteiger partial charge is 0.346 e. The molecule has 160 valence electrons. The van der Waals surface area contributed by atoms with Gasteiger partial charge >= 0.3 is 0 Å². The van der Waals surface area contributed by atoms with Gasteiger partial charge in [-0.15, -0.1) is 0 Å². The second-order valence-electron chi connectivity index (χ2n) is 7.94. The third-order valence-corrected chi connectivity index (χ3v) is 5.89. The van der Waals surface area contributed by atoms with Gasteiger partial charge in [0.15, 0.2) is 0 Å². The van der Waals surface area contributed by atoms with Crippen LogP contribution >= 0.6 is 0 Å². The summed E-state index contributed by atoms with van der Waals surface area (Å²) in [5.74, 6) is 0.413. The fraction of sp³-hybridized carbons (Fsp3) is 0.227. The van der Waals surface area contributed by atoms with Crippen LogP contribution in [-0.2, 0) is 0 Å². The van der Waals surface area contributed by atoms with Crippen molar-refractivity contribution >= 4 is 28.4 Å². The molecule has 1 fully saturated rings. The van der Waals surface area contributed by atoms with Gasteiger partial charge in [0.05, 0.1) is 23.5 Å². The molecule has 0 aromatic carbocycles. The Labute approximate surface area is 182 Å². The summed E-state index contributed by atoms with van der Waals surface area (Å²) >= 11 is 0. The number of pyridine rings is 1. The van der Waals surface area contributed by atoms with Gasteiger partial charge in [-0.3, -0.25) is 13.9 Å². The first kappa shape index (κ1) is 18.7. The SMILES string of the molecule is O=C(Nc1cnn(C2CCNCC2)c1)c1cnc2[nH]cc(-c3cnc4nccn4c3)c2c1. The second-order valence-corrected chi connectivity index (χ2v) is 7.94. The Morgan fingerprint density at radius 3 is 2.91 bits per heavy atom. The highest BCUT2D eigenvalue weighted by Gasteiger charge is 2.17. The highest BCUT2D eigenvalue weighted by Crippen LogP contribution is 2.28. The zero-order valence-electron chi connectivity index (χ0n) is 17.2. The van der Waals surface area contributed by atoms with Gasteiger partial charge in [0.2, 0.25) is 5.78 Å². The fourth-order valence-electron chi connectivity index (χ4n) is 4.20. The molecule has 10 nitrogen and oxygen atoms in total. The van der Waals surface area contributed by atoms with E-state index in [1.165, 1.54) is 0 Å². The van der Waals surface area contributed by atoms with Crippen LogP contribution in [0.5, 0.6) is 0 Å². The number of rotatable bonds is 4. The lowest BCUT2D eigenvalue weighted by Gasteiger charge is -2.22. The van der Waals surface area contributed by atoms with Gasteiger partial charge in [-0.25, -0.2) is 15.0 Å². The minimum absolute atomic E-state index is 0.223. The van der Waals surface area contributed by atoms with E-state index in [1.807, 2.05) is 39.9 Å². The smallest absolute Gasteiger partial charge is 0.257 e. The molecule has 3 N–H and O–H groups in total. The molecule has 0 bridgehead atoms. The summed E-state index contributed by atoms with van der Waals surface area (Å²) in [5.41, 5.74) is 3.69. The number of H-pyrrole nitrogens is 1. The van der Waals surface area contributed by atoms with E-state index >= 15 is 0 Å². The topological polar surface area (TPSA) is 118 Å². The van der Waals surface area contributed by atoms with Gasteiger partial charge in [0.25, 0.3) is 5.91 Å². The third kappa shape index (κ3) is 3.30. The predicted molar refractivity (Wildman–Crippen MR) is 119 cm³/mol. The molecule has 6 rings (SSSR count). The zero-order chi connectivity index (χ0) is 21.5. The van der Waals surface area contributed by atoms with Crippen molar-refractivity contribution in [2.75, 3.05) is 18.4 Å². The minimum atomic E-state index is -0.223. The highest BCUT2D eigenvalue weighted by atomic mass is 16.1. The van der Waals surface area contributed by atoms with E-state index in [2.05, 4.69) is 35.7 Å². The second kappa shape index (κ2) is 7.57. The zero-order valence-corrected chi connectivity index (χ0v) is 17.2. The maximum Gasteiger partial charge on any atom is 0.257 e. The molecule has 6 heterocycles. The van der Waals surface area contributed by atoms with Crippen LogP contribution in [0.2, 0.25) is 0 Å². The van der Waals surface area contributed by atoms with Crippen LogP contribution < -0.4 is 10.6 Å². The van der Waals surface area contributed by atoms with Crippen LogP contribution in [0, 0.1) is 0 Å². The van der Waals surface area contributed by atoms with E-state index in [-0.39, 0.29) is 5.91 Å². The number of hydrogen-bond donors (Lipinski definition) is 3. The molecule has 5 aromatic heterocycles. The Morgan fingerprint density at radius 2 is 2.00 bits per heavy atom. The van der Waals surface area contributed by atoms with Crippen molar-refractivity contribution in [3.05, 3.63) is 61.2 Å². The Hall–Kier alpha value is -4.05. The summed E-state index contributed by atoms with van der Waals surface area (Å²) in [6, 6.07) is 2.21. The molecule has 0 radical (unpaired) electrons. The quantitative estimate of drug-likeness (QED) is 0.406. The first-order valence-corrected chi connectivity index (χ1v) is 10.6. The van der Waals surface area contributed by atoms with E-state index < -0.39 is 0 Å². The van der Waals surface area contributed by atoms with Gasteiger partial charge < -0.3 is 15.6 Å². The van der Waals surface area contributed by atoms with Gasteiger partial charge in [-0.2, -0.15) is 5.10 Å². The molecule has 1 amide bonds. The average molecular weight is 427 g/mol. The highest BCUT2D eigenvalue weighted by molar-refractivity contribution is 6.07. The maximum absolute atomic E-state index is 12.9. The first-order chi connectivity index (χ1) is 15.7. The molecule has 5 aromatic rings. The molecule has 1 aliphatic heterocycles. The summed E-state index contributed by atoms with van der Waals surface area (Å²) in [7, 11) is 0. The molecule has 0 spiro atoms. The molecule has 0 saturated carbocycles. The molecule has 0 unspecified atom stereocenters. The van der Waals surface area contributed by atoms with Crippen LogP contribution in [0.4, 0.5) is 5.69 Å². The number of fused-ring (bicyclic) bond motifs is 2. The third-order valence-electron chi connectivity index (χ3n) is 5.89. The van der Waals surface area contributed by atoms with Crippen molar-refractivity contribution in [3.63, 3.8) is 0 Å². The number of aromatic amines is 1.